The van der Waals surface area contributed by atoms with Gasteiger partial charge in [0.25, 0.3) is 0 Å². The van der Waals surface area contributed by atoms with Crippen LogP contribution in [-0.2, 0) is 14.3 Å². The normalized spacial score (nSPS) is 14.4. The number of benzene rings is 2. The second-order valence-corrected chi connectivity index (χ2v) is 8.61. The Morgan fingerprint density at radius 3 is 2.48 bits per heavy atom. The van der Waals surface area contributed by atoms with E-state index in [0.717, 1.165) is 22.4 Å². The van der Waals surface area contributed by atoms with Crippen LogP contribution in [0.15, 0.2) is 48.5 Å². The molecule has 3 rings (SSSR count). The molecular formula is C26H32N4O3. The van der Waals surface area contributed by atoms with E-state index in [2.05, 4.69) is 24.5 Å². The third-order valence-corrected chi connectivity index (χ3v) is 5.68. The maximum atomic E-state index is 12.7. The second-order valence-electron chi connectivity index (χ2n) is 8.61. The van der Waals surface area contributed by atoms with Crippen molar-refractivity contribution in [2.24, 2.45) is 5.92 Å². The number of nitrogens with one attached hydrogen (secondary N) is 2. The summed E-state index contributed by atoms with van der Waals surface area (Å²) in [5.74, 6) is -0.00436. The summed E-state index contributed by atoms with van der Waals surface area (Å²) < 4.78 is 5.29. The van der Waals surface area contributed by atoms with E-state index in [-0.39, 0.29) is 30.8 Å². The number of rotatable bonds is 9. The van der Waals surface area contributed by atoms with Gasteiger partial charge in [-0.2, -0.15) is 5.26 Å². The van der Waals surface area contributed by atoms with Crippen molar-refractivity contribution in [3.8, 4) is 17.2 Å². The number of carbonyl (C=O) groups is 2. The molecule has 7 heteroatoms. The van der Waals surface area contributed by atoms with E-state index in [1.807, 2.05) is 59.5 Å². The first-order valence-corrected chi connectivity index (χ1v) is 11.4. The molecule has 1 aliphatic rings. The molecule has 0 spiro atoms. The number of nitriles is 1. The van der Waals surface area contributed by atoms with Crippen molar-refractivity contribution in [2.75, 3.05) is 44.7 Å². The highest BCUT2D eigenvalue weighted by Crippen LogP contribution is 2.29. The minimum Gasteiger partial charge on any atom is -0.378 e. The Labute approximate surface area is 195 Å². The van der Waals surface area contributed by atoms with Gasteiger partial charge in [-0.05, 0) is 41.2 Å². The number of hydrogen-bond acceptors (Lipinski definition) is 5. The summed E-state index contributed by atoms with van der Waals surface area (Å²) in [7, 11) is 0. The molecule has 2 aromatic rings. The van der Waals surface area contributed by atoms with Crippen molar-refractivity contribution >= 4 is 17.5 Å². The zero-order chi connectivity index (χ0) is 23.6. The molecule has 0 aliphatic carbocycles. The molecule has 7 nitrogen and oxygen atoms in total. The van der Waals surface area contributed by atoms with E-state index >= 15 is 0 Å². The van der Waals surface area contributed by atoms with E-state index in [1.165, 1.54) is 0 Å². The summed E-state index contributed by atoms with van der Waals surface area (Å²) in [6, 6.07) is 17.9. The number of anilines is 1. The van der Waals surface area contributed by atoms with E-state index in [4.69, 9.17) is 10.00 Å². The van der Waals surface area contributed by atoms with Gasteiger partial charge in [0.15, 0.2) is 0 Å². The lowest BCUT2D eigenvalue weighted by Gasteiger charge is -2.27. The topological polar surface area (TPSA) is 94.5 Å². The van der Waals surface area contributed by atoms with Gasteiger partial charge in [-0.15, -0.1) is 0 Å². The summed E-state index contributed by atoms with van der Waals surface area (Å²) in [5.41, 5.74) is 3.87. The van der Waals surface area contributed by atoms with Crippen LogP contribution in [0, 0.1) is 17.2 Å². The van der Waals surface area contributed by atoms with Crippen LogP contribution in [0.1, 0.15) is 31.7 Å². The largest absolute Gasteiger partial charge is 0.378 e. The fourth-order valence-corrected chi connectivity index (χ4v) is 3.93. The third kappa shape index (κ3) is 7.06. The molecule has 174 valence electrons. The van der Waals surface area contributed by atoms with Crippen LogP contribution in [0.2, 0.25) is 0 Å². The molecule has 2 aromatic carbocycles. The predicted octanol–water partition coefficient (Wildman–Crippen LogP) is 3.39. The first-order chi connectivity index (χ1) is 16.0. The monoisotopic (exact) mass is 448 g/mol. The van der Waals surface area contributed by atoms with Gasteiger partial charge < -0.3 is 20.3 Å². The second kappa shape index (κ2) is 12.0. The SMILES string of the molecule is CC(C)C[C@@H](C(=O)NCC#N)c1cccc(-c2ccc(NCC(=O)N3CCOCC3)cc2)c1. The van der Waals surface area contributed by atoms with Gasteiger partial charge in [0.05, 0.1) is 31.7 Å². The molecule has 1 atom stereocenters. The lowest BCUT2D eigenvalue weighted by atomic mass is 9.88. The molecule has 0 saturated carbocycles. The summed E-state index contributed by atoms with van der Waals surface area (Å²) in [6.07, 6.45) is 0.709. The fourth-order valence-electron chi connectivity index (χ4n) is 3.93. The molecule has 1 heterocycles. The van der Waals surface area contributed by atoms with E-state index in [1.54, 1.807) is 0 Å². The van der Waals surface area contributed by atoms with Crippen LogP contribution in [0.4, 0.5) is 5.69 Å². The van der Waals surface area contributed by atoms with Crippen molar-refractivity contribution in [3.05, 3.63) is 54.1 Å². The number of morpholine rings is 1. The molecule has 2 N–H and O–H groups in total. The molecule has 1 aliphatic heterocycles. The predicted molar refractivity (Wildman–Crippen MR) is 129 cm³/mol. The highest BCUT2D eigenvalue weighted by atomic mass is 16.5. The van der Waals surface area contributed by atoms with Crippen LogP contribution in [0.3, 0.4) is 0 Å². The number of amides is 2. The molecule has 1 saturated heterocycles. The van der Waals surface area contributed by atoms with Gasteiger partial charge >= 0.3 is 0 Å². The van der Waals surface area contributed by atoms with Crippen molar-refractivity contribution in [3.63, 3.8) is 0 Å². The Morgan fingerprint density at radius 2 is 1.82 bits per heavy atom. The van der Waals surface area contributed by atoms with Crippen LogP contribution >= 0.6 is 0 Å². The Bertz CT molecular complexity index is 976. The van der Waals surface area contributed by atoms with Crippen molar-refractivity contribution < 1.29 is 14.3 Å². The molecule has 0 bridgehead atoms. The molecule has 2 amide bonds. The van der Waals surface area contributed by atoms with E-state index < -0.39 is 0 Å². The van der Waals surface area contributed by atoms with Crippen LogP contribution in [0.25, 0.3) is 11.1 Å². The Kier molecular flexibility index (Phi) is 8.85. The minimum atomic E-state index is -0.301. The number of ether oxygens (including phenoxy) is 1. The summed E-state index contributed by atoms with van der Waals surface area (Å²) in [5, 5.41) is 14.7. The van der Waals surface area contributed by atoms with E-state index in [0.29, 0.717) is 38.6 Å². The van der Waals surface area contributed by atoms with Crippen LogP contribution in [0.5, 0.6) is 0 Å². The molecule has 0 aromatic heterocycles. The quantitative estimate of drug-likeness (QED) is 0.574. The van der Waals surface area contributed by atoms with Crippen LogP contribution < -0.4 is 10.6 Å². The maximum Gasteiger partial charge on any atom is 0.242 e. The van der Waals surface area contributed by atoms with Crippen LogP contribution in [-0.4, -0.2) is 56.1 Å². The molecule has 0 radical (unpaired) electrons. The van der Waals surface area contributed by atoms with Gasteiger partial charge in [-0.3, -0.25) is 9.59 Å². The summed E-state index contributed by atoms with van der Waals surface area (Å²) in [4.78, 5) is 26.8. The summed E-state index contributed by atoms with van der Waals surface area (Å²) >= 11 is 0. The number of nitrogens with zero attached hydrogens (tertiary/aromatic N) is 2. The third-order valence-electron chi connectivity index (χ3n) is 5.68. The maximum absolute atomic E-state index is 12.7. The Hall–Kier alpha value is -3.37. The first kappa shape index (κ1) is 24.3. The van der Waals surface area contributed by atoms with Gasteiger partial charge in [-0.1, -0.05) is 50.2 Å². The van der Waals surface area contributed by atoms with Gasteiger partial charge in [0.2, 0.25) is 11.8 Å². The number of carbonyl (C=O) groups excluding carboxylic acids is 2. The molecule has 1 fully saturated rings. The lowest BCUT2D eigenvalue weighted by molar-refractivity contribution is -0.133. The van der Waals surface area contributed by atoms with Crippen molar-refractivity contribution in [1.29, 1.82) is 5.26 Å². The Morgan fingerprint density at radius 1 is 1.09 bits per heavy atom. The van der Waals surface area contributed by atoms with Gasteiger partial charge in [0, 0.05) is 18.8 Å². The zero-order valence-electron chi connectivity index (χ0n) is 19.3. The first-order valence-electron chi connectivity index (χ1n) is 11.4. The average Bonchev–Trinajstić information content (AvgIpc) is 2.85. The molecular weight excluding hydrogens is 416 g/mol. The van der Waals surface area contributed by atoms with Gasteiger partial charge in [0.1, 0.15) is 6.54 Å². The lowest BCUT2D eigenvalue weighted by Crippen LogP contribution is -2.43. The molecule has 33 heavy (non-hydrogen) atoms. The van der Waals surface area contributed by atoms with Gasteiger partial charge in [-0.25, -0.2) is 0 Å². The number of hydrogen-bond donors (Lipinski definition) is 2. The summed E-state index contributed by atoms with van der Waals surface area (Å²) in [6.45, 7) is 6.91. The average molecular weight is 449 g/mol. The minimum absolute atomic E-state index is 0.00955. The highest BCUT2D eigenvalue weighted by Gasteiger charge is 2.22. The van der Waals surface area contributed by atoms with Crippen molar-refractivity contribution in [1.82, 2.24) is 10.2 Å². The fraction of sp³-hybridized carbons (Fsp3) is 0.423. The Balaban J connectivity index is 1.68. The standard InChI is InChI=1S/C26H32N4O3/c1-19(2)16-24(26(32)28-11-10-27)22-5-3-4-21(17-22)20-6-8-23(9-7-20)29-18-25(31)30-12-14-33-15-13-30/h3-9,17,19,24,29H,11-16,18H2,1-2H3,(H,28,32)/t24-/m1/s1. The van der Waals surface area contributed by atoms with E-state index in [9.17, 15) is 9.59 Å². The highest BCUT2D eigenvalue weighted by molar-refractivity contribution is 5.84. The van der Waals surface area contributed by atoms with Crippen molar-refractivity contribution in [2.45, 2.75) is 26.2 Å². The zero-order valence-corrected chi connectivity index (χ0v) is 19.3. The smallest absolute Gasteiger partial charge is 0.242 e. The molecule has 0 unspecified atom stereocenters.